The first-order valence-corrected chi connectivity index (χ1v) is 23.3. The highest BCUT2D eigenvalue weighted by Gasteiger charge is 2.24. The van der Waals surface area contributed by atoms with E-state index in [1.54, 1.807) is 0 Å². The zero-order chi connectivity index (χ0) is 45.4. The summed E-state index contributed by atoms with van der Waals surface area (Å²) < 4.78 is 11.2. The first-order valence-electron chi connectivity index (χ1n) is 23.3. The monoisotopic (exact) mass is 881 g/mol. The molecule has 4 aromatic heterocycles. The van der Waals surface area contributed by atoms with Crippen LogP contribution in [0.2, 0.25) is 0 Å². The fourth-order valence-corrected chi connectivity index (χ4v) is 10.4. The number of aromatic nitrogens is 5. The minimum atomic E-state index is 0.526. The number of fused-ring (bicyclic) bond motifs is 10. The number of hydrogen-bond acceptors (Lipinski definition) is 4. The molecule has 6 nitrogen and oxygen atoms in total. The molecule has 0 spiro atoms. The van der Waals surface area contributed by atoms with E-state index in [1.807, 2.05) is 24.3 Å². The minimum absolute atomic E-state index is 0.526. The van der Waals surface area contributed by atoms with Crippen LogP contribution in [0.3, 0.4) is 0 Å². The molecular weight excluding hydrogens is 843 g/mol. The summed E-state index contributed by atoms with van der Waals surface area (Å²) in [6.07, 6.45) is 0. The second-order valence-electron chi connectivity index (χ2n) is 17.6. The Kier molecular flexibility index (Phi) is 8.79. The predicted octanol–water partition coefficient (Wildman–Crippen LogP) is 16.3. The van der Waals surface area contributed by atoms with E-state index in [0.29, 0.717) is 17.6 Å². The van der Waals surface area contributed by atoms with Gasteiger partial charge in [-0.25, -0.2) is 4.98 Å². The van der Waals surface area contributed by atoms with Crippen LogP contribution in [0.15, 0.2) is 241 Å². The lowest BCUT2D eigenvalue weighted by Gasteiger charge is -2.14. The summed E-state index contributed by atoms with van der Waals surface area (Å²) in [6.45, 7) is 0. The number of furan rings is 1. The first kappa shape index (κ1) is 38.8. The van der Waals surface area contributed by atoms with Gasteiger partial charge in [-0.2, -0.15) is 9.97 Å². The van der Waals surface area contributed by atoms with Crippen molar-refractivity contribution in [1.82, 2.24) is 24.1 Å². The van der Waals surface area contributed by atoms with Crippen molar-refractivity contribution in [2.45, 2.75) is 0 Å². The van der Waals surface area contributed by atoms with Crippen molar-refractivity contribution < 1.29 is 4.42 Å². The number of para-hydroxylation sites is 2. The third-order valence-electron chi connectivity index (χ3n) is 13.6. The van der Waals surface area contributed by atoms with Crippen LogP contribution in [0.25, 0.3) is 133 Å². The Labute approximate surface area is 396 Å². The molecule has 0 saturated heterocycles. The van der Waals surface area contributed by atoms with Gasteiger partial charge in [0.15, 0.2) is 11.6 Å². The molecule has 0 aliphatic rings. The number of nitrogens with zero attached hydrogens (tertiary/aromatic N) is 5. The molecule has 10 aromatic carbocycles. The number of hydrogen-bond donors (Lipinski definition) is 0. The van der Waals surface area contributed by atoms with E-state index in [9.17, 15) is 0 Å². The molecule has 0 amide bonds. The Balaban J connectivity index is 1.06. The van der Waals surface area contributed by atoms with Crippen molar-refractivity contribution in [2.24, 2.45) is 0 Å². The summed E-state index contributed by atoms with van der Waals surface area (Å²) >= 11 is 0. The molecule has 69 heavy (non-hydrogen) atoms. The summed E-state index contributed by atoms with van der Waals surface area (Å²) in [4.78, 5) is 16.3. The van der Waals surface area contributed by atoms with Crippen molar-refractivity contribution in [3.63, 3.8) is 0 Å². The van der Waals surface area contributed by atoms with Gasteiger partial charge in [-0.1, -0.05) is 188 Å². The summed E-state index contributed by atoms with van der Waals surface area (Å²) in [7, 11) is 0. The van der Waals surface area contributed by atoms with Gasteiger partial charge in [0.05, 0.1) is 22.1 Å². The summed E-state index contributed by atoms with van der Waals surface area (Å²) in [5.74, 6) is 1.66. The van der Waals surface area contributed by atoms with Gasteiger partial charge >= 0.3 is 0 Å². The van der Waals surface area contributed by atoms with Gasteiger partial charge in [-0.15, -0.1) is 0 Å². The normalized spacial score (nSPS) is 11.8. The quantitative estimate of drug-likeness (QED) is 0.160. The minimum Gasteiger partial charge on any atom is -0.456 e. The zero-order valence-corrected chi connectivity index (χ0v) is 37.2. The Morgan fingerprint density at radius 3 is 1.52 bits per heavy atom. The lowest BCUT2D eigenvalue weighted by atomic mass is 9.99. The van der Waals surface area contributed by atoms with E-state index in [4.69, 9.17) is 19.4 Å². The summed E-state index contributed by atoms with van der Waals surface area (Å²) in [5.41, 5.74) is 15.5. The van der Waals surface area contributed by atoms with Crippen molar-refractivity contribution in [2.75, 3.05) is 0 Å². The van der Waals surface area contributed by atoms with Crippen molar-refractivity contribution in [1.29, 1.82) is 0 Å². The topological polar surface area (TPSA) is 61.7 Å². The molecule has 14 rings (SSSR count). The maximum Gasteiger partial charge on any atom is 0.238 e. The van der Waals surface area contributed by atoms with E-state index in [2.05, 4.69) is 221 Å². The summed E-state index contributed by atoms with van der Waals surface area (Å²) in [5, 5.41) is 6.59. The molecule has 0 aliphatic carbocycles. The predicted molar refractivity (Wildman–Crippen MR) is 283 cm³/mol. The molecule has 322 valence electrons. The van der Waals surface area contributed by atoms with Crippen molar-refractivity contribution >= 4 is 65.6 Å². The van der Waals surface area contributed by atoms with Gasteiger partial charge in [0.25, 0.3) is 0 Å². The third kappa shape index (κ3) is 6.30. The Bertz CT molecular complexity index is 4280. The van der Waals surface area contributed by atoms with Crippen molar-refractivity contribution in [3.8, 4) is 67.8 Å². The van der Waals surface area contributed by atoms with Crippen molar-refractivity contribution in [3.05, 3.63) is 237 Å². The largest absolute Gasteiger partial charge is 0.456 e. The van der Waals surface area contributed by atoms with Crippen LogP contribution in [0.4, 0.5) is 0 Å². The molecule has 14 aromatic rings. The fraction of sp³-hybridized carbons (Fsp3) is 0. The lowest BCUT2D eigenvalue weighted by molar-refractivity contribution is 0.669. The molecule has 4 heterocycles. The highest BCUT2D eigenvalue weighted by Crippen LogP contribution is 2.43. The summed E-state index contributed by atoms with van der Waals surface area (Å²) in [6, 6.07) is 83.3. The average Bonchev–Trinajstić information content (AvgIpc) is 4.09. The smallest absolute Gasteiger partial charge is 0.238 e. The molecule has 0 fully saturated rings. The zero-order valence-electron chi connectivity index (χ0n) is 37.2. The second kappa shape index (κ2) is 15.6. The molecule has 0 aliphatic heterocycles. The van der Waals surface area contributed by atoms with Gasteiger partial charge in [-0.3, -0.25) is 4.57 Å². The molecule has 0 bridgehead atoms. The second-order valence-corrected chi connectivity index (χ2v) is 17.6. The van der Waals surface area contributed by atoms with Crippen LogP contribution in [-0.2, 0) is 0 Å². The standard InChI is InChI=1S/C63H39N5O/c1-4-16-40(17-5-1)42-30-32-44(33-31-42)61-64-62(46-34-37-56-53(39-46)58-48(26-15-29-57(58)69-56)43-20-8-3-9-21-43)66-63(65-61)68-55-28-13-11-25-50(55)52-36-35-51-49-24-10-12-27-54(49)67(59(51)60(52)68)47-23-14-22-45(38-47)41-18-6-2-7-19-41/h1-39H. The molecule has 0 saturated carbocycles. The third-order valence-corrected chi connectivity index (χ3v) is 13.6. The van der Waals surface area contributed by atoms with Crippen LogP contribution in [0.5, 0.6) is 0 Å². The van der Waals surface area contributed by atoms with E-state index in [1.165, 1.54) is 10.9 Å². The van der Waals surface area contributed by atoms with Crippen LogP contribution >= 0.6 is 0 Å². The molecule has 0 atom stereocenters. The van der Waals surface area contributed by atoms with E-state index >= 15 is 0 Å². The van der Waals surface area contributed by atoms with Crippen LogP contribution in [0.1, 0.15) is 0 Å². The van der Waals surface area contributed by atoms with Crippen LogP contribution in [-0.4, -0.2) is 24.1 Å². The lowest BCUT2D eigenvalue weighted by Crippen LogP contribution is -2.07. The van der Waals surface area contributed by atoms with Crippen LogP contribution in [0, 0.1) is 0 Å². The molecule has 0 radical (unpaired) electrons. The van der Waals surface area contributed by atoms with Gasteiger partial charge < -0.3 is 8.98 Å². The molecule has 6 heteroatoms. The van der Waals surface area contributed by atoms with E-state index in [-0.39, 0.29) is 0 Å². The average molecular weight is 882 g/mol. The SMILES string of the molecule is c1ccc(-c2ccc(-c3nc(-c4ccc5oc6cccc(-c7ccccc7)c6c5c4)nc(-n4c5ccccc5c5ccc6c7ccccc7n(-c7cccc(-c8ccccc8)c7)c6c54)n3)cc2)cc1. The van der Waals surface area contributed by atoms with Gasteiger partial charge in [0.2, 0.25) is 5.95 Å². The van der Waals surface area contributed by atoms with Crippen LogP contribution < -0.4 is 0 Å². The molecule has 0 N–H and O–H groups in total. The van der Waals surface area contributed by atoms with Gasteiger partial charge in [-0.05, 0) is 81.9 Å². The van der Waals surface area contributed by atoms with Gasteiger partial charge in [0, 0.05) is 49.1 Å². The Morgan fingerprint density at radius 1 is 0.304 bits per heavy atom. The maximum atomic E-state index is 6.51. The van der Waals surface area contributed by atoms with E-state index < -0.39 is 0 Å². The highest BCUT2D eigenvalue weighted by molar-refractivity contribution is 6.24. The maximum absolute atomic E-state index is 6.51. The Hall–Kier alpha value is -9.39. The highest BCUT2D eigenvalue weighted by atomic mass is 16.3. The van der Waals surface area contributed by atoms with Gasteiger partial charge in [0.1, 0.15) is 11.2 Å². The number of rotatable bonds is 7. The number of benzene rings is 10. The Morgan fingerprint density at radius 2 is 0.826 bits per heavy atom. The first-order chi connectivity index (χ1) is 34.2. The fourth-order valence-electron chi connectivity index (χ4n) is 10.4. The van der Waals surface area contributed by atoms with E-state index in [0.717, 1.165) is 105 Å². The molecule has 0 unspecified atom stereocenters. The molecular formula is C63H39N5O.